The van der Waals surface area contributed by atoms with E-state index in [-0.39, 0.29) is 57.4 Å². The first-order chi connectivity index (χ1) is 19.0. The Hall–Kier alpha value is -3.13. The van der Waals surface area contributed by atoms with Gasteiger partial charge in [0.25, 0.3) is 0 Å². The van der Waals surface area contributed by atoms with Gasteiger partial charge >= 0.3 is 4.87 Å². The largest absolute Gasteiger partial charge is 0.312 e. The number of carbonyl (C=O) groups is 2. The second kappa shape index (κ2) is 8.68. The van der Waals surface area contributed by atoms with Crippen molar-refractivity contribution in [3.05, 3.63) is 110 Å². The van der Waals surface area contributed by atoms with E-state index < -0.39 is 0 Å². The quantitative estimate of drug-likeness (QED) is 0.274. The van der Waals surface area contributed by atoms with Crippen LogP contribution in [0, 0.1) is 29.6 Å². The Morgan fingerprint density at radius 1 is 0.744 bits per heavy atom. The zero-order valence-electron chi connectivity index (χ0n) is 20.6. The highest BCUT2D eigenvalue weighted by atomic mass is 35.5. The molecule has 0 N–H and O–H groups in total. The van der Waals surface area contributed by atoms with Crippen LogP contribution >= 0.6 is 34.7 Å². The maximum absolute atomic E-state index is 13.9. The van der Waals surface area contributed by atoms with Crippen molar-refractivity contribution >= 4 is 52.2 Å². The highest BCUT2D eigenvalue weighted by Gasteiger charge is 2.69. The summed E-state index contributed by atoms with van der Waals surface area (Å²) in [4.78, 5) is 43.7. The average Bonchev–Trinajstić information content (AvgIpc) is 3.68. The minimum absolute atomic E-state index is 0.00760. The van der Waals surface area contributed by atoms with Gasteiger partial charge in [-0.05, 0) is 66.1 Å². The van der Waals surface area contributed by atoms with E-state index >= 15 is 0 Å². The molecule has 4 aromatic rings. The zero-order chi connectivity index (χ0) is 26.4. The summed E-state index contributed by atoms with van der Waals surface area (Å²) in [7, 11) is 0. The molecule has 0 unspecified atom stereocenters. The number of fused-ring (bicyclic) bond motifs is 9. The van der Waals surface area contributed by atoms with Crippen molar-refractivity contribution in [2.45, 2.75) is 22.6 Å². The first-order valence-electron chi connectivity index (χ1n) is 13.2. The average molecular weight is 571 g/mol. The van der Waals surface area contributed by atoms with Crippen LogP contribution in [0.4, 0.5) is 5.69 Å². The number of nitrogens with zero attached hydrogens (tertiary/aromatic N) is 2. The van der Waals surface area contributed by atoms with E-state index in [2.05, 4.69) is 12.1 Å². The van der Waals surface area contributed by atoms with Gasteiger partial charge in [0, 0.05) is 21.1 Å². The van der Waals surface area contributed by atoms with Crippen LogP contribution in [-0.4, -0.2) is 21.6 Å². The number of thiazole rings is 1. The highest BCUT2D eigenvalue weighted by Crippen LogP contribution is 2.69. The molecule has 5 nitrogen and oxygen atoms in total. The molecule has 0 radical (unpaired) electrons. The summed E-state index contributed by atoms with van der Waals surface area (Å²) < 4.78 is 1.85. The van der Waals surface area contributed by atoms with Gasteiger partial charge in [-0.1, -0.05) is 71.5 Å². The molecular formula is C31H23ClN2O3S2. The van der Waals surface area contributed by atoms with Crippen LogP contribution < -0.4 is 9.77 Å². The van der Waals surface area contributed by atoms with E-state index in [4.69, 9.17) is 11.6 Å². The molecular weight excluding hydrogens is 548 g/mol. The fraction of sp³-hybridized carbons (Fsp3) is 0.258. The van der Waals surface area contributed by atoms with Gasteiger partial charge in [-0.15, -0.1) is 11.8 Å². The summed E-state index contributed by atoms with van der Waals surface area (Å²) in [5.41, 5.74) is 2.63. The Balaban J connectivity index is 1.26. The molecule has 8 rings (SSSR count). The molecule has 2 amide bonds. The van der Waals surface area contributed by atoms with E-state index in [1.54, 1.807) is 36.0 Å². The van der Waals surface area contributed by atoms with Crippen molar-refractivity contribution in [2.75, 3.05) is 4.90 Å². The third-order valence-electron chi connectivity index (χ3n) is 9.13. The van der Waals surface area contributed by atoms with Gasteiger partial charge in [-0.3, -0.25) is 23.9 Å². The summed E-state index contributed by atoms with van der Waals surface area (Å²) in [5, 5.41) is 1.71. The number of amides is 2. The SMILES string of the molecule is O=C1[C@@H]2[C@H]3C[C@@H]([C@@H]4Sc5c(sc(=O)n5-c5ccccc5)[C@@H](c5ccccc5)[C@@H]34)[C@H]2C(=O)N1c1ccc(Cl)cc1. The van der Waals surface area contributed by atoms with Crippen molar-refractivity contribution in [1.82, 2.24) is 4.57 Å². The summed E-state index contributed by atoms with van der Waals surface area (Å²) in [6, 6.07) is 27.1. The predicted octanol–water partition coefficient (Wildman–Crippen LogP) is 6.23. The minimum Gasteiger partial charge on any atom is -0.274 e. The number of imide groups is 1. The molecule has 8 heteroatoms. The first kappa shape index (κ1) is 23.7. The summed E-state index contributed by atoms with van der Waals surface area (Å²) in [5.74, 6) is -0.447. The third-order valence-corrected chi connectivity index (χ3v) is 12.1. The Kier molecular flexibility index (Phi) is 5.28. The molecule has 4 aliphatic rings. The lowest BCUT2D eigenvalue weighted by atomic mass is 9.68. The van der Waals surface area contributed by atoms with Crippen molar-refractivity contribution in [1.29, 1.82) is 0 Å². The topological polar surface area (TPSA) is 59.4 Å². The van der Waals surface area contributed by atoms with Crippen LogP contribution in [-0.2, 0) is 9.59 Å². The van der Waals surface area contributed by atoms with Gasteiger partial charge < -0.3 is 0 Å². The van der Waals surface area contributed by atoms with Crippen LogP contribution in [0.15, 0.2) is 94.7 Å². The number of carbonyl (C=O) groups excluding carboxylic acids is 2. The second-order valence-corrected chi connectivity index (χ2v) is 13.5. The fourth-order valence-corrected chi connectivity index (χ4v) is 11.0. The van der Waals surface area contributed by atoms with Crippen LogP contribution in [0.3, 0.4) is 0 Å². The monoisotopic (exact) mass is 570 g/mol. The molecule has 194 valence electrons. The molecule has 7 atom stereocenters. The first-order valence-corrected chi connectivity index (χ1v) is 15.3. The second-order valence-electron chi connectivity index (χ2n) is 10.9. The van der Waals surface area contributed by atoms with Gasteiger partial charge in [0.1, 0.15) is 0 Å². The highest BCUT2D eigenvalue weighted by molar-refractivity contribution is 8.00. The number of hydrogen-bond donors (Lipinski definition) is 0. The summed E-state index contributed by atoms with van der Waals surface area (Å²) in [6.45, 7) is 0. The van der Waals surface area contributed by atoms with Crippen molar-refractivity contribution < 1.29 is 9.59 Å². The Labute approximate surface area is 238 Å². The summed E-state index contributed by atoms with van der Waals surface area (Å²) >= 11 is 9.17. The molecule has 2 aliphatic carbocycles. The maximum atomic E-state index is 13.9. The van der Waals surface area contributed by atoms with Gasteiger partial charge in [0.2, 0.25) is 11.8 Å². The van der Waals surface area contributed by atoms with Crippen LogP contribution in [0.1, 0.15) is 22.8 Å². The molecule has 2 aliphatic heterocycles. The standard InChI is InChI=1S/C31H23ClN2O3S2/c32-17-11-13-19(14-12-17)33-28(35)24-20-15-21(25(24)29(33)36)26-23(20)22(16-7-3-1-4-8-16)27-30(38-26)34(31(37)39-27)18-9-5-2-6-10-18/h1-14,20-26H,15H2/t20-,21+,22-,23+,24+,25+,26-/m0/s1. The molecule has 2 bridgehead atoms. The number of halogens is 1. The Morgan fingerprint density at radius 2 is 1.38 bits per heavy atom. The van der Waals surface area contributed by atoms with E-state index in [1.807, 2.05) is 53.1 Å². The number of rotatable bonds is 3. The van der Waals surface area contributed by atoms with Crippen molar-refractivity contribution in [3.63, 3.8) is 0 Å². The number of hydrogen-bond acceptors (Lipinski definition) is 5. The van der Waals surface area contributed by atoms with Gasteiger partial charge in [0.05, 0.1) is 28.2 Å². The van der Waals surface area contributed by atoms with Gasteiger partial charge in [0.15, 0.2) is 0 Å². The molecule has 1 saturated heterocycles. The zero-order valence-corrected chi connectivity index (χ0v) is 23.0. The smallest absolute Gasteiger partial charge is 0.274 e. The fourth-order valence-electron chi connectivity index (χ4n) is 7.75. The van der Waals surface area contributed by atoms with Crippen LogP contribution in [0.2, 0.25) is 5.02 Å². The molecule has 2 saturated carbocycles. The predicted molar refractivity (Wildman–Crippen MR) is 154 cm³/mol. The number of anilines is 1. The lowest BCUT2D eigenvalue weighted by molar-refractivity contribution is -0.123. The molecule has 1 aromatic heterocycles. The van der Waals surface area contributed by atoms with E-state index in [1.165, 1.54) is 21.8 Å². The normalized spacial score (nSPS) is 30.4. The number of thioether (sulfide) groups is 1. The van der Waals surface area contributed by atoms with Gasteiger partial charge in [-0.25, -0.2) is 0 Å². The van der Waals surface area contributed by atoms with Gasteiger partial charge in [-0.2, -0.15) is 0 Å². The number of benzene rings is 3. The minimum atomic E-state index is -0.319. The van der Waals surface area contributed by atoms with E-state index in [0.717, 1.165) is 22.0 Å². The maximum Gasteiger partial charge on any atom is 0.312 e. The molecule has 3 fully saturated rings. The van der Waals surface area contributed by atoms with E-state index in [9.17, 15) is 14.4 Å². The van der Waals surface area contributed by atoms with Crippen molar-refractivity contribution in [3.8, 4) is 5.69 Å². The van der Waals surface area contributed by atoms with Crippen LogP contribution in [0.25, 0.3) is 5.69 Å². The lowest BCUT2D eigenvalue weighted by Crippen LogP contribution is -2.43. The molecule has 39 heavy (non-hydrogen) atoms. The van der Waals surface area contributed by atoms with E-state index in [0.29, 0.717) is 10.7 Å². The molecule has 3 heterocycles. The lowest BCUT2D eigenvalue weighted by Gasteiger charge is -2.43. The number of aromatic nitrogens is 1. The summed E-state index contributed by atoms with van der Waals surface area (Å²) in [6.07, 6.45) is 0.872. The third kappa shape index (κ3) is 3.30. The Morgan fingerprint density at radius 3 is 2.08 bits per heavy atom. The molecule has 3 aromatic carbocycles. The van der Waals surface area contributed by atoms with Crippen LogP contribution in [0.5, 0.6) is 0 Å². The van der Waals surface area contributed by atoms with Crippen molar-refractivity contribution in [2.24, 2.45) is 29.6 Å². The number of para-hydroxylation sites is 1. The Bertz CT molecular complexity index is 1680. The molecule has 0 spiro atoms.